The molecular weight excluding hydrogens is 491 g/mol. The molecule has 1 aliphatic rings. The fraction of sp³-hybridized carbons (Fsp3) is 0.632. The fourth-order valence-corrected chi connectivity index (χ4v) is 3.64. The zero-order valence-electron chi connectivity index (χ0n) is 17.0. The molecule has 0 bridgehead atoms. The van der Waals surface area contributed by atoms with Crippen LogP contribution in [0.5, 0.6) is 0 Å². The SMILES string of the molecule is CCNC(=NCCC1=CCOCC1)NC(C)c1nc(C)c(C(=O)OCC)s1.I. The second-order valence-corrected chi connectivity index (χ2v) is 7.28. The molecular formula is C19H31IN4O3S. The number of rotatable bonds is 8. The minimum atomic E-state index is -0.309. The van der Waals surface area contributed by atoms with Crippen LogP contribution in [0.4, 0.5) is 0 Å². The predicted molar refractivity (Wildman–Crippen MR) is 124 cm³/mol. The van der Waals surface area contributed by atoms with Crippen LogP contribution in [0.1, 0.15) is 60.0 Å². The Balaban J connectivity index is 0.00000392. The van der Waals surface area contributed by atoms with Crippen LogP contribution in [0.15, 0.2) is 16.6 Å². The largest absolute Gasteiger partial charge is 0.462 e. The molecule has 2 N–H and O–H groups in total. The second-order valence-electron chi connectivity index (χ2n) is 6.25. The first-order valence-electron chi connectivity index (χ1n) is 9.50. The van der Waals surface area contributed by atoms with E-state index < -0.39 is 0 Å². The van der Waals surface area contributed by atoms with Gasteiger partial charge >= 0.3 is 5.97 Å². The number of esters is 1. The van der Waals surface area contributed by atoms with Crippen molar-refractivity contribution < 1.29 is 14.3 Å². The van der Waals surface area contributed by atoms with Gasteiger partial charge in [0.2, 0.25) is 0 Å². The number of hydrogen-bond acceptors (Lipinski definition) is 6. The highest BCUT2D eigenvalue weighted by Gasteiger charge is 2.20. The number of thiazole rings is 1. The number of hydrogen-bond donors (Lipinski definition) is 2. The van der Waals surface area contributed by atoms with E-state index in [1.807, 2.05) is 20.8 Å². The maximum absolute atomic E-state index is 12.0. The van der Waals surface area contributed by atoms with Crippen molar-refractivity contribution in [2.45, 2.75) is 46.6 Å². The smallest absolute Gasteiger partial charge is 0.350 e. The molecule has 1 atom stereocenters. The first-order chi connectivity index (χ1) is 13.0. The molecule has 1 aromatic heterocycles. The molecule has 0 spiro atoms. The number of halogens is 1. The number of guanidine groups is 1. The first kappa shape index (κ1) is 24.8. The van der Waals surface area contributed by atoms with Crippen molar-refractivity contribution in [1.29, 1.82) is 0 Å². The number of aryl methyl sites for hydroxylation is 1. The van der Waals surface area contributed by atoms with E-state index in [1.165, 1.54) is 16.9 Å². The molecule has 0 saturated carbocycles. The molecule has 1 aromatic rings. The van der Waals surface area contributed by atoms with E-state index in [0.29, 0.717) is 23.8 Å². The number of carbonyl (C=O) groups is 1. The van der Waals surface area contributed by atoms with Crippen LogP contribution in [-0.4, -0.2) is 49.8 Å². The topological polar surface area (TPSA) is 84.8 Å². The predicted octanol–water partition coefficient (Wildman–Crippen LogP) is 3.60. The number of aromatic nitrogens is 1. The zero-order chi connectivity index (χ0) is 19.6. The first-order valence-corrected chi connectivity index (χ1v) is 10.3. The average molecular weight is 522 g/mol. The highest BCUT2D eigenvalue weighted by atomic mass is 127. The van der Waals surface area contributed by atoms with Crippen LogP contribution in [0.25, 0.3) is 0 Å². The molecule has 158 valence electrons. The van der Waals surface area contributed by atoms with Gasteiger partial charge in [-0.2, -0.15) is 0 Å². The fourth-order valence-electron chi connectivity index (χ4n) is 2.68. The summed E-state index contributed by atoms with van der Waals surface area (Å²) in [7, 11) is 0. The van der Waals surface area contributed by atoms with Crippen LogP contribution in [-0.2, 0) is 9.47 Å². The summed E-state index contributed by atoms with van der Waals surface area (Å²) in [5, 5.41) is 7.48. The van der Waals surface area contributed by atoms with Gasteiger partial charge in [0.05, 0.1) is 31.6 Å². The molecule has 0 amide bonds. The summed E-state index contributed by atoms with van der Waals surface area (Å²) < 4.78 is 10.4. The third-order valence-electron chi connectivity index (χ3n) is 4.10. The van der Waals surface area contributed by atoms with Gasteiger partial charge in [-0.25, -0.2) is 9.78 Å². The molecule has 1 unspecified atom stereocenters. The summed E-state index contributed by atoms with van der Waals surface area (Å²) in [6, 6.07) is -0.0584. The number of nitrogens with zero attached hydrogens (tertiary/aromatic N) is 2. The van der Waals surface area contributed by atoms with Crippen molar-refractivity contribution in [3.05, 3.63) is 27.2 Å². The minimum Gasteiger partial charge on any atom is -0.462 e. The highest BCUT2D eigenvalue weighted by Crippen LogP contribution is 2.24. The van der Waals surface area contributed by atoms with Crippen molar-refractivity contribution in [3.63, 3.8) is 0 Å². The lowest BCUT2D eigenvalue weighted by Crippen LogP contribution is -2.38. The van der Waals surface area contributed by atoms with Gasteiger partial charge in [-0.1, -0.05) is 11.6 Å². The second kappa shape index (κ2) is 13.1. The van der Waals surface area contributed by atoms with Crippen LogP contribution in [0.3, 0.4) is 0 Å². The molecule has 1 aliphatic heterocycles. The van der Waals surface area contributed by atoms with Gasteiger partial charge in [-0.3, -0.25) is 4.99 Å². The van der Waals surface area contributed by atoms with Crippen LogP contribution < -0.4 is 10.6 Å². The lowest BCUT2D eigenvalue weighted by atomic mass is 10.1. The monoisotopic (exact) mass is 522 g/mol. The van der Waals surface area contributed by atoms with Gasteiger partial charge < -0.3 is 20.1 Å². The summed E-state index contributed by atoms with van der Waals surface area (Å²) in [4.78, 5) is 21.8. The minimum absolute atomic E-state index is 0. The molecule has 0 fully saturated rings. The Morgan fingerprint density at radius 3 is 2.89 bits per heavy atom. The third-order valence-corrected chi connectivity index (χ3v) is 5.42. The Morgan fingerprint density at radius 2 is 2.25 bits per heavy atom. The van der Waals surface area contributed by atoms with Gasteiger partial charge in [0.15, 0.2) is 5.96 Å². The van der Waals surface area contributed by atoms with Crippen molar-refractivity contribution in [2.24, 2.45) is 4.99 Å². The zero-order valence-corrected chi connectivity index (χ0v) is 20.2. The molecule has 0 aromatic carbocycles. The van der Waals surface area contributed by atoms with Gasteiger partial charge in [0, 0.05) is 13.1 Å². The highest BCUT2D eigenvalue weighted by molar-refractivity contribution is 14.0. The molecule has 28 heavy (non-hydrogen) atoms. The van der Waals surface area contributed by atoms with Crippen LogP contribution in [0, 0.1) is 6.92 Å². The lowest BCUT2D eigenvalue weighted by Gasteiger charge is -2.16. The molecule has 0 aliphatic carbocycles. The molecule has 0 saturated heterocycles. The van der Waals surface area contributed by atoms with Gasteiger partial charge in [-0.05, 0) is 40.5 Å². The van der Waals surface area contributed by atoms with E-state index in [4.69, 9.17) is 9.47 Å². The van der Waals surface area contributed by atoms with E-state index in [9.17, 15) is 4.79 Å². The summed E-state index contributed by atoms with van der Waals surface area (Å²) in [5.74, 6) is 0.444. The molecule has 2 rings (SSSR count). The lowest BCUT2D eigenvalue weighted by molar-refractivity contribution is 0.0531. The van der Waals surface area contributed by atoms with Crippen LogP contribution >= 0.6 is 35.3 Å². The summed E-state index contributed by atoms with van der Waals surface area (Å²) >= 11 is 1.37. The van der Waals surface area contributed by atoms with Crippen molar-refractivity contribution in [3.8, 4) is 0 Å². The van der Waals surface area contributed by atoms with E-state index in [0.717, 1.165) is 43.5 Å². The summed E-state index contributed by atoms with van der Waals surface area (Å²) in [6.45, 7) is 11.1. The standard InChI is InChI=1S/C19H30N4O3S.HI/c1-5-20-19(21-10-7-15-8-11-25-12-9-15)23-14(4)17-22-13(3)16(27-17)18(24)26-6-2;/h8,14H,5-7,9-12H2,1-4H3,(H2,20,21,23);1H. The molecule has 2 heterocycles. The van der Waals surface area contributed by atoms with E-state index in [-0.39, 0.29) is 36.0 Å². The molecule has 7 nitrogen and oxygen atoms in total. The average Bonchev–Trinajstić information content (AvgIpc) is 3.05. The molecule has 9 heteroatoms. The Bertz CT molecular complexity index is 691. The van der Waals surface area contributed by atoms with Gasteiger partial charge in [0.1, 0.15) is 9.88 Å². The normalized spacial score (nSPS) is 15.3. The summed E-state index contributed by atoms with van der Waals surface area (Å²) in [6.07, 6.45) is 4.08. The van der Waals surface area contributed by atoms with Gasteiger partial charge in [-0.15, -0.1) is 35.3 Å². The van der Waals surface area contributed by atoms with Crippen LogP contribution in [0.2, 0.25) is 0 Å². The third kappa shape index (κ3) is 7.67. The van der Waals surface area contributed by atoms with Gasteiger partial charge in [0.25, 0.3) is 0 Å². The number of aliphatic imine (C=N–C) groups is 1. The number of ether oxygens (including phenoxy) is 2. The maximum atomic E-state index is 12.0. The molecule has 0 radical (unpaired) electrons. The Kier molecular flexibility index (Phi) is 11.6. The number of nitrogens with one attached hydrogen (secondary N) is 2. The number of carbonyl (C=O) groups excluding carboxylic acids is 1. The Morgan fingerprint density at radius 1 is 1.46 bits per heavy atom. The van der Waals surface area contributed by atoms with Crippen molar-refractivity contribution >= 4 is 47.2 Å². The Labute approximate surface area is 188 Å². The summed E-state index contributed by atoms with van der Waals surface area (Å²) in [5.41, 5.74) is 2.11. The van der Waals surface area contributed by atoms with E-state index in [2.05, 4.69) is 26.7 Å². The van der Waals surface area contributed by atoms with Crippen molar-refractivity contribution in [1.82, 2.24) is 15.6 Å². The Hall–Kier alpha value is -1.20. The quantitative estimate of drug-likeness (QED) is 0.179. The maximum Gasteiger partial charge on any atom is 0.350 e. The van der Waals surface area contributed by atoms with Crippen molar-refractivity contribution in [2.75, 3.05) is 32.9 Å². The van der Waals surface area contributed by atoms with E-state index >= 15 is 0 Å². The van der Waals surface area contributed by atoms with E-state index in [1.54, 1.807) is 6.92 Å².